The van der Waals surface area contributed by atoms with Gasteiger partial charge in [0.1, 0.15) is 11.9 Å². The van der Waals surface area contributed by atoms with Crippen LogP contribution in [0.25, 0.3) is 10.9 Å². The Hall–Kier alpha value is -3.22. The molecule has 1 amide bonds. The molecule has 0 unspecified atom stereocenters. The Balaban J connectivity index is 2.08. The predicted molar refractivity (Wildman–Crippen MR) is 97.7 cm³/mol. The number of H-pyrrole nitrogens is 1. The molecular formula is C19H18FN3O3. The van der Waals surface area contributed by atoms with Crippen LogP contribution in [0, 0.1) is 11.7 Å². The highest BCUT2D eigenvalue weighted by atomic mass is 19.1. The molecule has 2 N–H and O–H groups in total. The van der Waals surface area contributed by atoms with E-state index >= 15 is 0 Å². The first-order chi connectivity index (χ1) is 12.4. The van der Waals surface area contributed by atoms with Crippen LogP contribution in [0.15, 0.2) is 58.1 Å². The molecule has 7 heteroatoms. The maximum atomic E-state index is 13.3. The normalized spacial score (nSPS) is 12.3. The number of hydrogen-bond donors (Lipinski definition) is 2. The average Bonchev–Trinajstić information content (AvgIpc) is 2.58. The summed E-state index contributed by atoms with van der Waals surface area (Å²) in [6, 6.07) is 11.0. The van der Waals surface area contributed by atoms with E-state index in [9.17, 15) is 18.8 Å². The molecule has 0 saturated carbocycles. The monoisotopic (exact) mass is 355 g/mol. The van der Waals surface area contributed by atoms with Gasteiger partial charge in [-0.1, -0.05) is 32.0 Å². The van der Waals surface area contributed by atoms with E-state index in [2.05, 4.69) is 10.3 Å². The van der Waals surface area contributed by atoms with Crippen molar-refractivity contribution < 1.29 is 9.18 Å². The molecule has 0 aliphatic carbocycles. The van der Waals surface area contributed by atoms with Crippen LogP contribution in [0.5, 0.6) is 0 Å². The van der Waals surface area contributed by atoms with Gasteiger partial charge < -0.3 is 10.3 Å². The SMILES string of the molecule is CC(C)[C@H](C(=O)Nc1cccc(F)c1)n1c(=O)[nH]c2ccccc2c1=O. The van der Waals surface area contributed by atoms with Crippen molar-refractivity contribution in [3.63, 3.8) is 0 Å². The lowest BCUT2D eigenvalue weighted by atomic mass is 10.0. The van der Waals surface area contributed by atoms with Crippen LogP contribution in [0.1, 0.15) is 19.9 Å². The van der Waals surface area contributed by atoms with Gasteiger partial charge in [-0.2, -0.15) is 0 Å². The zero-order chi connectivity index (χ0) is 18.8. The van der Waals surface area contributed by atoms with Gasteiger partial charge in [-0.05, 0) is 36.2 Å². The summed E-state index contributed by atoms with van der Waals surface area (Å²) in [5.41, 5.74) is -0.544. The summed E-state index contributed by atoms with van der Waals surface area (Å²) in [5, 5.41) is 2.89. The van der Waals surface area contributed by atoms with Gasteiger partial charge in [0, 0.05) is 5.69 Å². The van der Waals surface area contributed by atoms with Gasteiger partial charge >= 0.3 is 5.69 Å². The molecule has 2 aromatic carbocycles. The van der Waals surface area contributed by atoms with Gasteiger partial charge in [0.25, 0.3) is 5.56 Å². The zero-order valence-corrected chi connectivity index (χ0v) is 14.3. The van der Waals surface area contributed by atoms with E-state index in [4.69, 9.17) is 0 Å². The van der Waals surface area contributed by atoms with Crippen LogP contribution < -0.4 is 16.6 Å². The number of hydrogen-bond acceptors (Lipinski definition) is 3. The number of carbonyl (C=O) groups is 1. The second-order valence-corrected chi connectivity index (χ2v) is 6.34. The van der Waals surface area contributed by atoms with E-state index in [1.165, 1.54) is 24.3 Å². The summed E-state index contributed by atoms with van der Waals surface area (Å²) in [4.78, 5) is 40.7. The highest BCUT2D eigenvalue weighted by Crippen LogP contribution is 2.19. The fourth-order valence-corrected chi connectivity index (χ4v) is 2.93. The third kappa shape index (κ3) is 3.28. The van der Waals surface area contributed by atoms with Gasteiger partial charge in [0.2, 0.25) is 5.91 Å². The summed E-state index contributed by atoms with van der Waals surface area (Å²) in [7, 11) is 0. The number of amides is 1. The average molecular weight is 355 g/mol. The number of para-hydroxylation sites is 1. The van der Waals surface area contributed by atoms with Crippen LogP contribution in [-0.2, 0) is 4.79 Å². The molecule has 1 aromatic heterocycles. The number of benzene rings is 2. The minimum Gasteiger partial charge on any atom is -0.324 e. The Morgan fingerprint density at radius 2 is 1.85 bits per heavy atom. The van der Waals surface area contributed by atoms with Crippen molar-refractivity contribution in [1.82, 2.24) is 9.55 Å². The maximum Gasteiger partial charge on any atom is 0.329 e. The summed E-state index contributed by atoms with van der Waals surface area (Å²) in [5.74, 6) is -1.40. The number of aromatic amines is 1. The van der Waals surface area contributed by atoms with E-state index < -0.39 is 29.0 Å². The Labute approximate surface area is 148 Å². The van der Waals surface area contributed by atoms with E-state index in [-0.39, 0.29) is 11.6 Å². The van der Waals surface area contributed by atoms with Gasteiger partial charge in [-0.25, -0.2) is 13.8 Å². The summed E-state index contributed by atoms with van der Waals surface area (Å²) in [6.45, 7) is 3.47. The standard InChI is InChI=1S/C19H18FN3O3/c1-11(2)16(17(24)21-13-7-5-6-12(20)10-13)23-18(25)14-8-3-4-9-15(14)22-19(23)26/h3-11,16H,1-2H3,(H,21,24)(H,22,26)/t16-/m1/s1. The quantitative estimate of drug-likeness (QED) is 0.755. The molecule has 0 fully saturated rings. The molecule has 0 bridgehead atoms. The first-order valence-electron chi connectivity index (χ1n) is 8.18. The second kappa shape index (κ2) is 6.95. The van der Waals surface area contributed by atoms with Crippen LogP contribution >= 0.6 is 0 Å². The van der Waals surface area contributed by atoms with Gasteiger partial charge in [-0.3, -0.25) is 9.59 Å². The lowest BCUT2D eigenvalue weighted by Crippen LogP contribution is -2.44. The van der Waals surface area contributed by atoms with E-state index in [1.54, 1.807) is 38.1 Å². The first kappa shape index (κ1) is 17.6. The number of anilines is 1. The molecule has 134 valence electrons. The van der Waals surface area contributed by atoms with Crippen molar-refractivity contribution in [2.24, 2.45) is 5.92 Å². The number of nitrogens with one attached hydrogen (secondary N) is 2. The minimum absolute atomic E-state index is 0.255. The van der Waals surface area contributed by atoms with Crippen molar-refractivity contribution in [3.05, 3.63) is 75.2 Å². The third-order valence-corrected chi connectivity index (χ3v) is 4.11. The molecule has 6 nitrogen and oxygen atoms in total. The fraction of sp³-hybridized carbons (Fsp3) is 0.211. The third-order valence-electron chi connectivity index (χ3n) is 4.11. The van der Waals surface area contributed by atoms with E-state index in [1.807, 2.05) is 0 Å². The van der Waals surface area contributed by atoms with Crippen molar-refractivity contribution in [2.45, 2.75) is 19.9 Å². The van der Waals surface area contributed by atoms with Gasteiger partial charge in [-0.15, -0.1) is 0 Å². The number of aromatic nitrogens is 2. The Bertz CT molecular complexity index is 1090. The van der Waals surface area contributed by atoms with E-state index in [0.717, 1.165) is 4.57 Å². The summed E-state index contributed by atoms with van der Waals surface area (Å²) in [6.07, 6.45) is 0. The molecular weight excluding hydrogens is 337 g/mol. The molecule has 1 heterocycles. The molecule has 0 saturated heterocycles. The van der Waals surface area contributed by atoms with E-state index in [0.29, 0.717) is 10.9 Å². The fourth-order valence-electron chi connectivity index (χ4n) is 2.93. The Morgan fingerprint density at radius 1 is 1.12 bits per heavy atom. The van der Waals surface area contributed by atoms with Crippen LogP contribution in [0.4, 0.5) is 10.1 Å². The minimum atomic E-state index is -1.04. The Morgan fingerprint density at radius 3 is 2.54 bits per heavy atom. The Kier molecular flexibility index (Phi) is 4.71. The summed E-state index contributed by atoms with van der Waals surface area (Å²) < 4.78 is 14.3. The number of carbonyl (C=O) groups excluding carboxylic acids is 1. The van der Waals surface area contributed by atoms with Crippen molar-refractivity contribution in [2.75, 3.05) is 5.32 Å². The first-order valence-corrected chi connectivity index (χ1v) is 8.18. The highest BCUT2D eigenvalue weighted by molar-refractivity contribution is 5.94. The molecule has 26 heavy (non-hydrogen) atoms. The predicted octanol–water partition coefficient (Wildman–Crippen LogP) is 2.66. The van der Waals surface area contributed by atoms with Crippen molar-refractivity contribution in [3.8, 4) is 0 Å². The molecule has 3 aromatic rings. The smallest absolute Gasteiger partial charge is 0.324 e. The van der Waals surface area contributed by atoms with Gasteiger partial charge in [0.05, 0.1) is 10.9 Å². The highest BCUT2D eigenvalue weighted by Gasteiger charge is 2.28. The maximum absolute atomic E-state index is 13.3. The summed E-state index contributed by atoms with van der Waals surface area (Å²) >= 11 is 0. The molecule has 0 spiro atoms. The lowest BCUT2D eigenvalue weighted by Gasteiger charge is -2.22. The number of halogens is 1. The van der Waals surface area contributed by atoms with Crippen LogP contribution in [-0.4, -0.2) is 15.5 Å². The topological polar surface area (TPSA) is 84.0 Å². The molecule has 0 aliphatic heterocycles. The van der Waals surface area contributed by atoms with Crippen molar-refractivity contribution in [1.29, 1.82) is 0 Å². The largest absolute Gasteiger partial charge is 0.329 e. The van der Waals surface area contributed by atoms with Crippen LogP contribution in [0.3, 0.4) is 0 Å². The number of rotatable bonds is 4. The molecule has 0 aliphatic rings. The lowest BCUT2D eigenvalue weighted by molar-refractivity contribution is -0.120. The van der Waals surface area contributed by atoms with Crippen molar-refractivity contribution >= 4 is 22.5 Å². The van der Waals surface area contributed by atoms with Crippen LogP contribution in [0.2, 0.25) is 0 Å². The number of nitrogens with zero attached hydrogens (tertiary/aromatic N) is 1. The molecule has 0 radical (unpaired) electrons. The zero-order valence-electron chi connectivity index (χ0n) is 14.3. The molecule has 3 rings (SSSR count). The van der Waals surface area contributed by atoms with Gasteiger partial charge in [0.15, 0.2) is 0 Å². The number of fused-ring (bicyclic) bond motifs is 1. The molecule has 1 atom stereocenters. The second-order valence-electron chi connectivity index (χ2n) is 6.34.